The molecular formula is C6H24O32P8. The molecule has 0 aromatic heterocycles. The molecule has 1 aliphatic rings. The van der Waals surface area contributed by atoms with Gasteiger partial charge in [-0.15, -0.1) is 0 Å². The smallest absolute Gasteiger partial charge is 0.303 e. The van der Waals surface area contributed by atoms with E-state index in [1.165, 1.54) is 0 Å². The van der Waals surface area contributed by atoms with Crippen molar-refractivity contribution in [2.75, 3.05) is 0 Å². The molecule has 1 saturated carbocycles. The van der Waals surface area contributed by atoms with Crippen molar-refractivity contribution < 1.29 is 152 Å². The van der Waals surface area contributed by atoms with E-state index in [2.05, 4.69) is 27.1 Å². The normalized spacial score (nSPS) is 25.5. The highest BCUT2D eigenvalue weighted by molar-refractivity contribution is 7.48. The van der Waals surface area contributed by atoms with Gasteiger partial charge in [-0.05, 0) is 0 Å². The van der Waals surface area contributed by atoms with E-state index >= 15 is 0 Å². The van der Waals surface area contributed by atoms with Crippen molar-refractivity contribution >= 4 is 62.6 Å². The SMILES string of the molecule is O=P(O)(O)O.O=P(O)(O)O.O=P(O)(O)OC1C(OP(=O)(O)O)C(OP(=O)(O)O)C(OP(=O)(O)O)C(OP(=O)(O)O)C1OP(=O)(O)O. The van der Waals surface area contributed by atoms with Gasteiger partial charge in [0, 0.05) is 0 Å². The number of phosphoric acid groups is 8. The first-order valence-corrected chi connectivity index (χ1v) is 21.9. The Kier molecular flexibility index (Phi) is 18.5. The van der Waals surface area contributed by atoms with Crippen molar-refractivity contribution in [3.8, 4) is 0 Å². The molecule has 0 aliphatic heterocycles. The molecule has 0 saturated heterocycles. The zero-order valence-electron chi connectivity index (χ0n) is 20.8. The van der Waals surface area contributed by atoms with E-state index in [1.54, 1.807) is 0 Å². The Bertz CT molecular complexity index is 1090. The molecular weight excluding hydrogens is 832 g/mol. The van der Waals surface area contributed by atoms with Gasteiger partial charge in [0.25, 0.3) is 0 Å². The second-order valence-electron chi connectivity index (χ2n) is 7.39. The molecule has 0 aromatic rings. The van der Waals surface area contributed by atoms with E-state index in [0.717, 1.165) is 0 Å². The van der Waals surface area contributed by atoms with Crippen LogP contribution in [0.25, 0.3) is 0 Å². The maximum absolute atomic E-state index is 11.4. The summed E-state index contributed by atoms with van der Waals surface area (Å²) in [6, 6.07) is 0. The van der Waals surface area contributed by atoms with E-state index in [4.69, 9.17) is 97.2 Å². The summed E-state index contributed by atoms with van der Waals surface area (Å²) >= 11 is 0. The Morgan fingerprint density at radius 1 is 0.239 bits per heavy atom. The Morgan fingerprint density at radius 2 is 0.304 bits per heavy atom. The number of phosphoric ester groups is 6. The zero-order valence-corrected chi connectivity index (χ0v) is 28.0. The van der Waals surface area contributed by atoms with Crippen molar-refractivity contribution in [1.29, 1.82) is 0 Å². The minimum atomic E-state index is -6.02. The molecule has 0 bridgehead atoms. The molecule has 0 unspecified atom stereocenters. The summed E-state index contributed by atoms with van der Waals surface area (Å²) in [7, 11) is -45.4. The first-order chi connectivity index (χ1) is 19.6. The van der Waals surface area contributed by atoms with Crippen LogP contribution in [0.2, 0.25) is 0 Å². The highest BCUT2D eigenvalue weighted by atomic mass is 31.2. The molecule has 0 heterocycles. The summed E-state index contributed by atoms with van der Waals surface area (Å²) in [5.41, 5.74) is 0. The topological polar surface area (TPSA) is 556 Å². The van der Waals surface area contributed by atoms with Crippen molar-refractivity contribution in [3.63, 3.8) is 0 Å². The monoisotopic (exact) mass is 856 g/mol. The van der Waals surface area contributed by atoms with Crippen LogP contribution in [0, 0.1) is 0 Å². The summed E-state index contributed by atoms with van der Waals surface area (Å²) in [6.45, 7) is 0. The zero-order chi connectivity index (χ0) is 37.7. The average Bonchev–Trinajstić information content (AvgIpc) is 2.62. The maximum atomic E-state index is 11.4. The van der Waals surface area contributed by atoms with Gasteiger partial charge in [0.1, 0.15) is 36.6 Å². The third-order valence-electron chi connectivity index (χ3n) is 3.50. The van der Waals surface area contributed by atoms with Gasteiger partial charge in [0.15, 0.2) is 0 Å². The van der Waals surface area contributed by atoms with Gasteiger partial charge in [0.05, 0.1) is 0 Å². The van der Waals surface area contributed by atoms with Crippen molar-refractivity contribution in [1.82, 2.24) is 0 Å². The molecule has 0 amide bonds. The van der Waals surface area contributed by atoms with Gasteiger partial charge >= 0.3 is 62.6 Å². The lowest BCUT2D eigenvalue weighted by Crippen LogP contribution is -2.66. The van der Waals surface area contributed by atoms with Gasteiger partial charge in [-0.2, -0.15) is 0 Å². The van der Waals surface area contributed by atoms with Crippen LogP contribution in [0.1, 0.15) is 0 Å². The second-order valence-corrected chi connectivity index (χ2v) is 16.6. The predicted octanol–water partition coefficient (Wildman–Crippen LogP) is -4.99. The predicted molar refractivity (Wildman–Crippen MR) is 130 cm³/mol. The third kappa shape index (κ3) is 28.7. The van der Waals surface area contributed by atoms with Crippen LogP contribution in [0.5, 0.6) is 0 Å². The van der Waals surface area contributed by atoms with E-state index in [0.29, 0.717) is 0 Å². The molecule has 280 valence electrons. The van der Waals surface area contributed by atoms with Crippen LogP contribution in [0.3, 0.4) is 0 Å². The van der Waals surface area contributed by atoms with Crippen LogP contribution < -0.4 is 0 Å². The van der Waals surface area contributed by atoms with Gasteiger partial charge in [-0.3, -0.25) is 27.1 Å². The molecule has 1 rings (SSSR count). The summed E-state index contributed by atoms with van der Waals surface area (Å²) in [5, 5.41) is 0. The lowest BCUT2D eigenvalue weighted by atomic mass is 9.85. The van der Waals surface area contributed by atoms with Crippen molar-refractivity contribution in [2.24, 2.45) is 0 Å². The fourth-order valence-corrected chi connectivity index (χ4v) is 6.14. The van der Waals surface area contributed by atoms with Crippen molar-refractivity contribution in [3.05, 3.63) is 0 Å². The molecule has 1 fully saturated rings. The Morgan fingerprint density at radius 3 is 0.348 bits per heavy atom. The molecule has 40 heteroatoms. The fourth-order valence-electron chi connectivity index (χ4n) is 2.79. The Balaban J connectivity index is 0. The lowest BCUT2D eigenvalue weighted by Gasteiger charge is -2.48. The minimum Gasteiger partial charge on any atom is -0.303 e. The third-order valence-corrected chi connectivity index (χ3v) is 6.61. The number of hydrogen-bond acceptors (Lipinski definition) is 14. The van der Waals surface area contributed by atoms with Crippen LogP contribution in [0.4, 0.5) is 0 Å². The summed E-state index contributed by atoms with van der Waals surface area (Å²) in [5.74, 6) is 0. The average molecular weight is 856 g/mol. The van der Waals surface area contributed by atoms with Crippen LogP contribution >= 0.6 is 62.6 Å². The molecule has 0 radical (unpaired) electrons. The first kappa shape index (κ1) is 49.0. The first-order valence-electron chi connectivity index (χ1n) is 9.57. The summed E-state index contributed by atoms with van der Waals surface area (Å²) < 4.78 is 111. The highest BCUT2D eigenvalue weighted by Gasteiger charge is 2.62. The molecule has 0 aromatic carbocycles. The number of hydrogen-bond donors (Lipinski definition) is 18. The van der Waals surface area contributed by atoms with Crippen molar-refractivity contribution in [2.45, 2.75) is 36.6 Å². The van der Waals surface area contributed by atoms with Crippen LogP contribution in [0.15, 0.2) is 0 Å². The van der Waals surface area contributed by atoms with Gasteiger partial charge in [0.2, 0.25) is 0 Å². The van der Waals surface area contributed by atoms with Gasteiger partial charge in [-0.1, -0.05) is 0 Å². The largest absolute Gasteiger partial charge is 0.470 e. The quantitative estimate of drug-likeness (QED) is 0.0817. The Labute approximate surface area is 251 Å². The molecule has 18 N–H and O–H groups in total. The molecule has 0 spiro atoms. The summed E-state index contributed by atoms with van der Waals surface area (Å²) in [6.07, 6.45) is -18.9. The standard InChI is InChI=1S/C6H18O24P6.2H3O4P/c7-31(8,9)25-1-2(26-32(10,11)12)4(28-34(16,17)18)6(30-36(22,23)24)5(29-35(19,20)21)3(1)27-33(13,14)15;2*1-5(2,3)4/h1-6H,(H2,7,8,9)(H2,10,11,12)(H2,13,14,15)(H2,16,17,18)(H2,19,20,21)(H2,22,23,24);2*(H3,1,2,3,4). The molecule has 0 atom stereocenters. The van der Waals surface area contributed by atoms with E-state index in [-0.39, 0.29) is 0 Å². The van der Waals surface area contributed by atoms with E-state index in [1.807, 2.05) is 0 Å². The van der Waals surface area contributed by atoms with Gasteiger partial charge < -0.3 is 88.1 Å². The molecule has 32 nitrogen and oxygen atoms in total. The fraction of sp³-hybridized carbons (Fsp3) is 1.00. The molecule has 1 aliphatic carbocycles. The Hall–Kier alpha value is 0.880. The second kappa shape index (κ2) is 17.4. The summed E-state index contributed by atoms with van der Waals surface area (Å²) in [4.78, 5) is 153. The molecule has 46 heavy (non-hydrogen) atoms. The minimum absolute atomic E-state index is 3.14. The van der Waals surface area contributed by atoms with E-state index in [9.17, 15) is 27.4 Å². The highest BCUT2D eigenvalue weighted by Crippen LogP contribution is 2.57. The van der Waals surface area contributed by atoms with E-state index < -0.39 is 99.2 Å². The van der Waals surface area contributed by atoms with Crippen LogP contribution in [-0.4, -0.2) is 125 Å². The van der Waals surface area contributed by atoms with Gasteiger partial charge in [-0.25, -0.2) is 36.5 Å². The lowest BCUT2D eigenvalue weighted by molar-refractivity contribution is -0.202. The van der Waals surface area contributed by atoms with Crippen LogP contribution in [-0.2, 0) is 63.7 Å². The number of rotatable bonds is 12. The maximum Gasteiger partial charge on any atom is 0.470 e.